The van der Waals surface area contributed by atoms with Crippen molar-refractivity contribution in [1.29, 1.82) is 0 Å². The number of benzene rings is 1. The highest BCUT2D eigenvalue weighted by Crippen LogP contribution is 2.28. The molecule has 0 aliphatic carbocycles. The van der Waals surface area contributed by atoms with Gasteiger partial charge in [-0.05, 0) is 32.4 Å². The van der Waals surface area contributed by atoms with E-state index in [0.29, 0.717) is 17.9 Å². The standard InChI is InChI=1S/C13H17N3O3S/c1-4-16-8-12(14-10(16)3)20(18,19)15-13-9(2)6-5-7-11(13)17/h5-8,15,17H,4H2,1-3H3. The molecule has 0 aliphatic rings. The maximum atomic E-state index is 12.3. The molecule has 2 aromatic rings. The minimum absolute atomic E-state index is 0.0560. The van der Waals surface area contributed by atoms with Gasteiger partial charge in [-0.25, -0.2) is 4.98 Å². The van der Waals surface area contributed by atoms with E-state index in [1.165, 1.54) is 12.3 Å². The summed E-state index contributed by atoms with van der Waals surface area (Å²) in [4.78, 5) is 4.04. The number of hydrogen-bond acceptors (Lipinski definition) is 4. The summed E-state index contributed by atoms with van der Waals surface area (Å²) in [5.74, 6) is 0.516. The zero-order valence-corrected chi connectivity index (χ0v) is 12.4. The van der Waals surface area contributed by atoms with E-state index in [4.69, 9.17) is 0 Å². The highest BCUT2D eigenvalue weighted by atomic mass is 32.2. The van der Waals surface area contributed by atoms with Crippen LogP contribution in [0.5, 0.6) is 5.75 Å². The number of aryl methyl sites for hydroxylation is 3. The Morgan fingerprint density at radius 3 is 2.60 bits per heavy atom. The molecule has 1 aromatic carbocycles. The summed E-state index contributed by atoms with van der Waals surface area (Å²) >= 11 is 0. The van der Waals surface area contributed by atoms with Crippen molar-refractivity contribution in [2.45, 2.75) is 32.3 Å². The zero-order valence-electron chi connectivity index (χ0n) is 11.6. The maximum Gasteiger partial charge on any atom is 0.281 e. The van der Waals surface area contributed by atoms with Crippen molar-refractivity contribution in [1.82, 2.24) is 9.55 Å². The summed E-state index contributed by atoms with van der Waals surface area (Å²) in [6, 6.07) is 4.80. The van der Waals surface area contributed by atoms with Crippen LogP contribution in [-0.2, 0) is 16.6 Å². The second-order valence-electron chi connectivity index (χ2n) is 4.49. The molecule has 0 fully saturated rings. The monoisotopic (exact) mass is 295 g/mol. The fourth-order valence-electron chi connectivity index (χ4n) is 1.90. The van der Waals surface area contributed by atoms with E-state index in [1.54, 1.807) is 30.5 Å². The Balaban J connectivity index is 2.41. The molecule has 0 bridgehead atoms. The average molecular weight is 295 g/mol. The lowest BCUT2D eigenvalue weighted by Crippen LogP contribution is -2.14. The molecular weight excluding hydrogens is 278 g/mol. The van der Waals surface area contributed by atoms with Crippen LogP contribution in [0.1, 0.15) is 18.3 Å². The van der Waals surface area contributed by atoms with Gasteiger partial charge in [-0.1, -0.05) is 12.1 Å². The molecule has 0 spiro atoms. The van der Waals surface area contributed by atoms with Gasteiger partial charge in [-0.15, -0.1) is 0 Å². The molecule has 2 rings (SSSR count). The molecule has 0 saturated carbocycles. The maximum absolute atomic E-state index is 12.3. The molecule has 2 N–H and O–H groups in total. The summed E-state index contributed by atoms with van der Waals surface area (Å²) in [5, 5.41) is 9.70. The van der Waals surface area contributed by atoms with Gasteiger partial charge in [0.05, 0.1) is 5.69 Å². The van der Waals surface area contributed by atoms with E-state index in [9.17, 15) is 13.5 Å². The largest absolute Gasteiger partial charge is 0.506 e. The first-order valence-electron chi connectivity index (χ1n) is 6.20. The Morgan fingerprint density at radius 2 is 2.05 bits per heavy atom. The number of phenols is 1. The number of hydrogen-bond donors (Lipinski definition) is 2. The van der Waals surface area contributed by atoms with Crippen LogP contribution < -0.4 is 4.72 Å². The number of imidazole rings is 1. The fourth-order valence-corrected chi connectivity index (χ4v) is 3.06. The smallest absolute Gasteiger partial charge is 0.281 e. The third-order valence-electron chi connectivity index (χ3n) is 3.06. The molecule has 0 atom stereocenters. The van der Waals surface area contributed by atoms with Crippen molar-refractivity contribution in [2.24, 2.45) is 0 Å². The number of rotatable bonds is 4. The Bertz CT molecular complexity index is 715. The molecule has 1 aromatic heterocycles. The van der Waals surface area contributed by atoms with Crippen LogP contribution in [0.15, 0.2) is 29.4 Å². The Kier molecular flexibility index (Phi) is 3.71. The third-order valence-corrected chi connectivity index (χ3v) is 4.28. The minimum Gasteiger partial charge on any atom is -0.506 e. The lowest BCUT2D eigenvalue weighted by molar-refractivity contribution is 0.477. The van der Waals surface area contributed by atoms with Crippen LogP contribution in [0.2, 0.25) is 0 Å². The molecule has 0 amide bonds. The molecule has 0 radical (unpaired) electrons. The van der Waals surface area contributed by atoms with Gasteiger partial charge in [-0.3, -0.25) is 4.72 Å². The van der Waals surface area contributed by atoms with Crippen molar-refractivity contribution in [3.8, 4) is 5.75 Å². The van der Waals surface area contributed by atoms with Crippen LogP contribution >= 0.6 is 0 Å². The van der Waals surface area contributed by atoms with E-state index in [2.05, 4.69) is 9.71 Å². The first-order chi connectivity index (χ1) is 9.35. The molecule has 0 saturated heterocycles. The summed E-state index contributed by atoms with van der Waals surface area (Å²) in [6.07, 6.45) is 1.48. The van der Waals surface area contributed by atoms with Gasteiger partial charge in [0.1, 0.15) is 11.6 Å². The third kappa shape index (κ3) is 2.62. The van der Waals surface area contributed by atoms with E-state index >= 15 is 0 Å². The van der Waals surface area contributed by atoms with Crippen molar-refractivity contribution in [3.05, 3.63) is 35.8 Å². The van der Waals surface area contributed by atoms with E-state index in [-0.39, 0.29) is 16.5 Å². The molecule has 1 heterocycles. The summed E-state index contributed by atoms with van der Waals surface area (Å²) in [7, 11) is -3.81. The first-order valence-corrected chi connectivity index (χ1v) is 7.68. The van der Waals surface area contributed by atoms with Crippen LogP contribution in [-0.4, -0.2) is 23.1 Å². The van der Waals surface area contributed by atoms with Gasteiger partial charge in [-0.2, -0.15) is 8.42 Å². The normalized spacial score (nSPS) is 11.6. The SMILES string of the molecule is CCn1cc(S(=O)(=O)Nc2c(C)cccc2O)nc1C. The molecule has 20 heavy (non-hydrogen) atoms. The minimum atomic E-state index is -3.81. The summed E-state index contributed by atoms with van der Waals surface area (Å²) < 4.78 is 28.7. The topological polar surface area (TPSA) is 84.2 Å². The van der Waals surface area contributed by atoms with Crippen molar-refractivity contribution in [3.63, 3.8) is 0 Å². The predicted molar refractivity (Wildman–Crippen MR) is 76.3 cm³/mol. The van der Waals surface area contributed by atoms with E-state index < -0.39 is 10.0 Å². The average Bonchev–Trinajstić information content (AvgIpc) is 2.76. The van der Waals surface area contributed by atoms with E-state index in [1.807, 2.05) is 6.92 Å². The summed E-state index contributed by atoms with van der Waals surface area (Å²) in [5.41, 5.74) is 0.816. The molecule has 0 aliphatic heterocycles. The molecule has 108 valence electrons. The second kappa shape index (κ2) is 5.16. The number of aromatic nitrogens is 2. The second-order valence-corrected chi connectivity index (χ2v) is 6.12. The predicted octanol–water partition coefficient (Wildman–Crippen LogP) is 2.03. The van der Waals surface area contributed by atoms with Crippen LogP contribution in [0.25, 0.3) is 0 Å². The Labute approximate surface area is 118 Å². The Morgan fingerprint density at radius 1 is 1.35 bits per heavy atom. The number of para-hydroxylation sites is 1. The van der Waals surface area contributed by atoms with Gasteiger partial charge >= 0.3 is 0 Å². The quantitative estimate of drug-likeness (QED) is 0.845. The zero-order chi connectivity index (χ0) is 14.9. The number of sulfonamides is 1. The van der Waals surface area contributed by atoms with Gasteiger partial charge < -0.3 is 9.67 Å². The van der Waals surface area contributed by atoms with Crippen molar-refractivity contribution < 1.29 is 13.5 Å². The van der Waals surface area contributed by atoms with Crippen molar-refractivity contribution in [2.75, 3.05) is 4.72 Å². The van der Waals surface area contributed by atoms with Crippen LogP contribution in [0, 0.1) is 13.8 Å². The number of anilines is 1. The Hall–Kier alpha value is -2.02. The van der Waals surface area contributed by atoms with Crippen molar-refractivity contribution >= 4 is 15.7 Å². The van der Waals surface area contributed by atoms with E-state index in [0.717, 1.165) is 0 Å². The van der Waals surface area contributed by atoms with Gasteiger partial charge in [0.25, 0.3) is 10.0 Å². The fraction of sp³-hybridized carbons (Fsp3) is 0.308. The lowest BCUT2D eigenvalue weighted by Gasteiger charge is -2.10. The lowest BCUT2D eigenvalue weighted by atomic mass is 10.2. The number of aromatic hydroxyl groups is 1. The van der Waals surface area contributed by atoms with Gasteiger partial charge in [0.2, 0.25) is 0 Å². The van der Waals surface area contributed by atoms with Crippen LogP contribution in [0.3, 0.4) is 0 Å². The van der Waals surface area contributed by atoms with Gasteiger partial charge in [0.15, 0.2) is 5.03 Å². The highest BCUT2D eigenvalue weighted by molar-refractivity contribution is 7.92. The van der Waals surface area contributed by atoms with Gasteiger partial charge in [0, 0.05) is 12.7 Å². The number of phenolic OH excluding ortho intramolecular Hbond substituents is 1. The summed E-state index contributed by atoms with van der Waals surface area (Å²) in [6.45, 7) is 6.01. The molecular formula is C13H17N3O3S. The molecule has 6 nitrogen and oxygen atoms in total. The molecule has 0 unspecified atom stereocenters. The van der Waals surface area contributed by atoms with Crippen LogP contribution in [0.4, 0.5) is 5.69 Å². The first kappa shape index (κ1) is 14.4. The highest BCUT2D eigenvalue weighted by Gasteiger charge is 2.21. The number of nitrogens with zero attached hydrogens (tertiary/aromatic N) is 2. The number of nitrogens with one attached hydrogen (secondary N) is 1. The molecule has 7 heteroatoms.